The van der Waals surface area contributed by atoms with Crippen LogP contribution in [0.4, 0.5) is 0 Å². The van der Waals surface area contributed by atoms with E-state index in [-0.39, 0.29) is 0 Å². The minimum Gasteiger partial charge on any atom is -0.497 e. The number of fused-ring (bicyclic) bond motifs is 1. The Hall–Kier alpha value is -2.43. The van der Waals surface area contributed by atoms with E-state index >= 15 is 0 Å². The molecule has 0 amide bonds. The summed E-state index contributed by atoms with van der Waals surface area (Å²) in [5.41, 5.74) is 3.56. The van der Waals surface area contributed by atoms with E-state index in [1.165, 1.54) is 6.33 Å². The van der Waals surface area contributed by atoms with Crippen LogP contribution >= 0.6 is 0 Å². The molecule has 0 unspecified atom stereocenters. The Morgan fingerprint density at radius 1 is 1.06 bits per heavy atom. The van der Waals surface area contributed by atoms with Crippen molar-refractivity contribution < 1.29 is 4.74 Å². The van der Waals surface area contributed by atoms with Crippen LogP contribution in [0.2, 0.25) is 0 Å². The Labute approximate surface area is 104 Å². The third kappa shape index (κ3) is 1.60. The maximum absolute atomic E-state index is 5.15. The predicted octanol–water partition coefficient (Wildman–Crippen LogP) is 2.13. The highest BCUT2D eigenvalue weighted by Gasteiger charge is 2.08. The molecule has 0 saturated carbocycles. The zero-order valence-electron chi connectivity index (χ0n) is 10.2. The second-order valence-corrected chi connectivity index (χ2v) is 3.94. The summed E-state index contributed by atoms with van der Waals surface area (Å²) in [5.74, 6) is 0.830. The molecule has 0 bridgehead atoms. The minimum absolute atomic E-state index is 0.707. The Morgan fingerprint density at radius 2 is 1.83 bits per heavy atom. The normalized spacial score (nSPS) is 10.8. The molecule has 0 N–H and O–H groups in total. The third-order valence-corrected chi connectivity index (χ3v) is 2.87. The second-order valence-electron chi connectivity index (χ2n) is 3.94. The van der Waals surface area contributed by atoms with Crippen LogP contribution in [0.1, 0.15) is 5.69 Å². The van der Waals surface area contributed by atoms with Gasteiger partial charge in [0.25, 0.3) is 0 Å². The molecular weight excluding hydrogens is 228 g/mol. The number of nitrogens with zero attached hydrogens (tertiary/aromatic N) is 4. The summed E-state index contributed by atoms with van der Waals surface area (Å²) >= 11 is 0. The largest absolute Gasteiger partial charge is 0.497 e. The zero-order valence-corrected chi connectivity index (χ0v) is 10.2. The van der Waals surface area contributed by atoms with Crippen molar-refractivity contribution in [2.24, 2.45) is 0 Å². The van der Waals surface area contributed by atoms with Crippen molar-refractivity contribution in [1.82, 2.24) is 19.5 Å². The lowest BCUT2D eigenvalue weighted by molar-refractivity contribution is 0.415. The van der Waals surface area contributed by atoms with Crippen molar-refractivity contribution in [1.29, 1.82) is 0 Å². The molecule has 0 aliphatic carbocycles. The highest BCUT2D eigenvalue weighted by Crippen LogP contribution is 2.20. The van der Waals surface area contributed by atoms with Gasteiger partial charge >= 0.3 is 0 Å². The Kier molecular flexibility index (Phi) is 2.44. The lowest BCUT2D eigenvalue weighted by Crippen LogP contribution is -1.95. The summed E-state index contributed by atoms with van der Waals surface area (Å²) in [6, 6.07) is 7.79. The fourth-order valence-electron chi connectivity index (χ4n) is 1.94. The zero-order chi connectivity index (χ0) is 12.5. The van der Waals surface area contributed by atoms with Gasteiger partial charge in [-0.1, -0.05) is 0 Å². The van der Waals surface area contributed by atoms with E-state index in [9.17, 15) is 0 Å². The van der Waals surface area contributed by atoms with Gasteiger partial charge in [-0.15, -0.1) is 0 Å². The fraction of sp³-hybridized carbons (Fsp3) is 0.154. The topological polar surface area (TPSA) is 52.8 Å². The second kappa shape index (κ2) is 4.10. The summed E-state index contributed by atoms with van der Waals surface area (Å²) in [7, 11) is 1.65. The highest BCUT2D eigenvalue weighted by atomic mass is 16.5. The van der Waals surface area contributed by atoms with Gasteiger partial charge in [0.15, 0.2) is 5.65 Å². The summed E-state index contributed by atoms with van der Waals surface area (Å²) in [6.07, 6.45) is 3.29. The van der Waals surface area contributed by atoms with Crippen molar-refractivity contribution in [3.63, 3.8) is 0 Å². The van der Waals surface area contributed by atoms with Gasteiger partial charge in [0, 0.05) is 5.69 Å². The molecule has 0 spiro atoms. The molecule has 2 heterocycles. The highest BCUT2D eigenvalue weighted by molar-refractivity contribution is 5.75. The van der Waals surface area contributed by atoms with E-state index in [1.807, 2.05) is 35.8 Å². The number of imidazole rings is 1. The number of hydrogen-bond acceptors (Lipinski definition) is 4. The van der Waals surface area contributed by atoms with E-state index in [0.29, 0.717) is 5.65 Å². The molecule has 0 atom stereocenters. The first kappa shape index (κ1) is 10.7. The van der Waals surface area contributed by atoms with Gasteiger partial charge in [-0.05, 0) is 31.2 Å². The molecule has 5 heteroatoms. The average Bonchev–Trinajstić information content (AvgIpc) is 2.84. The van der Waals surface area contributed by atoms with Gasteiger partial charge in [-0.25, -0.2) is 15.0 Å². The van der Waals surface area contributed by atoms with Crippen LogP contribution in [0, 0.1) is 6.92 Å². The molecule has 0 radical (unpaired) electrons. The Morgan fingerprint density at radius 3 is 2.56 bits per heavy atom. The molecule has 0 aliphatic heterocycles. The summed E-state index contributed by atoms with van der Waals surface area (Å²) in [6.45, 7) is 1.95. The van der Waals surface area contributed by atoms with Crippen LogP contribution in [0.3, 0.4) is 0 Å². The molecular formula is C13H12N4O. The van der Waals surface area contributed by atoms with Crippen LogP contribution in [-0.2, 0) is 0 Å². The molecule has 2 aromatic heterocycles. The van der Waals surface area contributed by atoms with Crippen molar-refractivity contribution in [3.05, 3.63) is 42.6 Å². The first-order valence-corrected chi connectivity index (χ1v) is 5.58. The van der Waals surface area contributed by atoms with Crippen LogP contribution in [0.5, 0.6) is 5.75 Å². The van der Waals surface area contributed by atoms with E-state index < -0.39 is 0 Å². The predicted molar refractivity (Wildman–Crippen MR) is 67.9 cm³/mol. The molecule has 0 fully saturated rings. The number of ether oxygens (including phenoxy) is 1. The van der Waals surface area contributed by atoms with E-state index in [4.69, 9.17) is 4.74 Å². The van der Waals surface area contributed by atoms with E-state index in [2.05, 4.69) is 15.0 Å². The number of benzene rings is 1. The summed E-state index contributed by atoms with van der Waals surface area (Å²) in [5, 5.41) is 0. The van der Waals surface area contributed by atoms with E-state index in [0.717, 1.165) is 22.6 Å². The van der Waals surface area contributed by atoms with Crippen molar-refractivity contribution in [3.8, 4) is 11.4 Å². The van der Waals surface area contributed by atoms with E-state index in [1.54, 1.807) is 13.4 Å². The monoisotopic (exact) mass is 240 g/mol. The lowest BCUT2D eigenvalue weighted by Gasteiger charge is -2.06. The van der Waals surface area contributed by atoms with Crippen molar-refractivity contribution in [2.75, 3.05) is 7.11 Å². The van der Waals surface area contributed by atoms with Gasteiger partial charge in [0.2, 0.25) is 0 Å². The van der Waals surface area contributed by atoms with Gasteiger partial charge in [-0.3, -0.25) is 4.57 Å². The average molecular weight is 240 g/mol. The maximum atomic E-state index is 5.15. The number of aryl methyl sites for hydroxylation is 1. The molecule has 90 valence electrons. The van der Waals surface area contributed by atoms with Gasteiger partial charge < -0.3 is 4.74 Å². The first-order chi connectivity index (χ1) is 8.79. The number of rotatable bonds is 2. The Bertz CT molecular complexity index is 688. The molecule has 0 saturated heterocycles. The third-order valence-electron chi connectivity index (χ3n) is 2.87. The number of aromatic nitrogens is 4. The Balaban J connectivity index is 2.18. The maximum Gasteiger partial charge on any atom is 0.181 e. The molecule has 0 aliphatic rings. The smallest absolute Gasteiger partial charge is 0.181 e. The SMILES string of the molecule is COc1ccc(-n2cnc3ncnc(C)c32)cc1. The van der Waals surface area contributed by atoms with Gasteiger partial charge in [0.05, 0.1) is 12.8 Å². The molecule has 3 rings (SSSR count). The standard InChI is InChI=1S/C13H12N4O/c1-9-12-13(15-7-14-9)16-8-17(12)10-3-5-11(18-2)6-4-10/h3-8H,1-2H3. The van der Waals surface area contributed by atoms with Crippen LogP contribution in [0.15, 0.2) is 36.9 Å². The summed E-state index contributed by atoms with van der Waals surface area (Å²) < 4.78 is 7.12. The number of methoxy groups -OCH3 is 1. The fourth-order valence-corrected chi connectivity index (χ4v) is 1.94. The first-order valence-electron chi connectivity index (χ1n) is 5.58. The van der Waals surface area contributed by atoms with Crippen LogP contribution in [0.25, 0.3) is 16.9 Å². The molecule has 5 nitrogen and oxygen atoms in total. The molecule has 1 aromatic carbocycles. The molecule has 18 heavy (non-hydrogen) atoms. The van der Waals surface area contributed by atoms with Crippen molar-refractivity contribution >= 4 is 11.2 Å². The molecule has 3 aromatic rings. The van der Waals surface area contributed by atoms with Gasteiger partial charge in [0.1, 0.15) is 23.9 Å². The van der Waals surface area contributed by atoms with Gasteiger partial charge in [-0.2, -0.15) is 0 Å². The van der Waals surface area contributed by atoms with Crippen LogP contribution in [-0.4, -0.2) is 26.6 Å². The number of hydrogen-bond donors (Lipinski definition) is 0. The lowest BCUT2D eigenvalue weighted by atomic mass is 10.3. The minimum atomic E-state index is 0.707. The quantitative estimate of drug-likeness (QED) is 0.688. The summed E-state index contributed by atoms with van der Waals surface area (Å²) in [4.78, 5) is 12.6. The van der Waals surface area contributed by atoms with Crippen LogP contribution < -0.4 is 4.74 Å². The van der Waals surface area contributed by atoms with Crippen molar-refractivity contribution in [2.45, 2.75) is 6.92 Å².